The van der Waals surface area contributed by atoms with Crippen molar-refractivity contribution >= 4 is 17.4 Å². The number of benzene rings is 1. The van der Waals surface area contributed by atoms with Crippen LogP contribution in [0.3, 0.4) is 0 Å². The van der Waals surface area contributed by atoms with Crippen LogP contribution in [0.25, 0.3) is 0 Å². The standard InChI is InChI=1S/C16H22N2OS/c1-20-15-8-6-7-14(13(15)11-17)18-12-16(19)9-4-2-3-5-10-16/h6-8,18-19H,2-5,9-10,12H2,1H3. The highest BCUT2D eigenvalue weighted by molar-refractivity contribution is 7.98. The number of aliphatic hydroxyl groups is 1. The lowest BCUT2D eigenvalue weighted by atomic mass is 9.94. The van der Waals surface area contributed by atoms with Crippen LogP contribution in [0.5, 0.6) is 0 Å². The third-order valence-corrected chi connectivity index (χ3v) is 4.78. The largest absolute Gasteiger partial charge is 0.388 e. The van der Waals surface area contributed by atoms with Crippen LogP contribution < -0.4 is 5.32 Å². The molecule has 20 heavy (non-hydrogen) atoms. The van der Waals surface area contributed by atoms with Crippen molar-refractivity contribution in [1.29, 1.82) is 5.26 Å². The Labute approximate surface area is 125 Å². The van der Waals surface area contributed by atoms with Crippen LogP contribution in [0.1, 0.15) is 44.1 Å². The number of thioether (sulfide) groups is 1. The Bertz CT molecular complexity index is 488. The fourth-order valence-electron chi connectivity index (χ4n) is 2.79. The number of nitrogens with zero attached hydrogens (tertiary/aromatic N) is 1. The molecule has 0 saturated heterocycles. The van der Waals surface area contributed by atoms with E-state index < -0.39 is 5.60 Å². The van der Waals surface area contributed by atoms with E-state index in [1.807, 2.05) is 24.5 Å². The zero-order valence-electron chi connectivity index (χ0n) is 12.0. The number of nitrogens with one attached hydrogen (secondary N) is 1. The third-order valence-electron chi connectivity index (χ3n) is 4.00. The monoisotopic (exact) mass is 290 g/mol. The maximum atomic E-state index is 10.7. The van der Waals surface area contributed by atoms with Gasteiger partial charge in [0.2, 0.25) is 0 Å². The minimum atomic E-state index is -0.626. The van der Waals surface area contributed by atoms with E-state index >= 15 is 0 Å². The van der Waals surface area contributed by atoms with E-state index in [1.165, 1.54) is 12.8 Å². The molecule has 1 fully saturated rings. The van der Waals surface area contributed by atoms with E-state index in [0.717, 1.165) is 36.3 Å². The fourth-order valence-corrected chi connectivity index (χ4v) is 3.36. The van der Waals surface area contributed by atoms with E-state index in [1.54, 1.807) is 11.8 Å². The predicted molar refractivity (Wildman–Crippen MR) is 84.1 cm³/mol. The first-order valence-corrected chi connectivity index (χ1v) is 8.44. The van der Waals surface area contributed by atoms with E-state index in [2.05, 4.69) is 11.4 Å². The van der Waals surface area contributed by atoms with Gasteiger partial charge in [-0.15, -0.1) is 11.8 Å². The van der Waals surface area contributed by atoms with Crippen LogP contribution in [0.4, 0.5) is 5.69 Å². The molecule has 0 atom stereocenters. The molecule has 0 radical (unpaired) electrons. The summed E-state index contributed by atoms with van der Waals surface area (Å²) in [4.78, 5) is 0.977. The number of nitriles is 1. The molecule has 0 aliphatic heterocycles. The molecule has 0 bridgehead atoms. The van der Waals surface area contributed by atoms with Crippen LogP contribution in [0.15, 0.2) is 23.1 Å². The summed E-state index contributed by atoms with van der Waals surface area (Å²) in [7, 11) is 0. The number of hydrogen-bond donors (Lipinski definition) is 2. The molecular formula is C16H22N2OS. The maximum absolute atomic E-state index is 10.7. The summed E-state index contributed by atoms with van der Waals surface area (Å²) in [6, 6.07) is 8.08. The average Bonchev–Trinajstić information content (AvgIpc) is 2.69. The Morgan fingerprint density at radius 2 is 2.00 bits per heavy atom. The maximum Gasteiger partial charge on any atom is 0.102 e. The van der Waals surface area contributed by atoms with Gasteiger partial charge in [0.25, 0.3) is 0 Å². The van der Waals surface area contributed by atoms with Gasteiger partial charge in [0, 0.05) is 11.4 Å². The van der Waals surface area contributed by atoms with E-state index in [-0.39, 0.29) is 0 Å². The topological polar surface area (TPSA) is 56.0 Å². The second kappa shape index (κ2) is 7.01. The zero-order valence-corrected chi connectivity index (χ0v) is 12.8. The van der Waals surface area contributed by atoms with Crippen LogP contribution in [0.2, 0.25) is 0 Å². The first kappa shape index (κ1) is 15.2. The highest BCUT2D eigenvalue weighted by Gasteiger charge is 2.27. The van der Waals surface area contributed by atoms with Crippen molar-refractivity contribution in [2.24, 2.45) is 0 Å². The van der Waals surface area contributed by atoms with Crippen molar-refractivity contribution in [3.8, 4) is 6.07 Å². The summed E-state index contributed by atoms with van der Waals surface area (Å²) >= 11 is 1.57. The Morgan fingerprint density at radius 1 is 1.30 bits per heavy atom. The van der Waals surface area contributed by atoms with Crippen molar-refractivity contribution in [2.45, 2.75) is 49.0 Å². The molecule has 0 aromatic heterocycles. The number of anilines is 1. The van der Waals surface area contributed by atoms with Crippen LogP contribution in [-0.2, 0) is 0 Å². The predicted octanol–water partition coefficient (Wildman–Crippen LogP) is 3.78. The zero-order chi connectivity index (χ0) is 14.4. The van der Waals surface area contributed by atoms with E-state index in [9.17, 15) is 10.4 Å². The minimum absolute atomic E-state index is 0.527. The number of rotatable bonds is 4. The first-order chi connectivity index (χ1) is 9.68. The molecule has 0 unspecified atom stereocenters. The molecule has 0 spiro atoms. The Kier molecular flexibility index (Phi) is 5.33. The molecule has 1 aliphatic carbocycles. The van der Waals surface area contributed by atoms with Gasteiger partial charge in [-0.3, -0.25) is 0 Å². The van der Waals surface area contributed by atoms with Gasteiger partial charge in [-0.1, -0.05) is 31.7 Å². The van der Waals surface area contributed by atoms with Gasteiger partial charge in [-0.25, -0.2) is 0 Å². The van der Waals surface area contributed by atoms with Crippen molar-refractivity contribution in [3.05, 3.63) is 23.8 Å². The second-order valence-corrected chi connectivity index (χ2v) is 6.33. The second-order valence-electron chi connectivity index (χ2n) is 5.49. The SMILES string of the molecule is CSc1cccc(NCC2(O)CCCCCC2)c1C#N. The Morgan fingerprint density at radius 3 is 2.60 bits per heavy atom. The third kappa shape index (κ3) is 3.68. The number of hydrogen-bond acceptors (Lipinski definition) is 4. The van der Waals surface area contributed by atoms with Crippen LogP contribution in [-0.4, -0.2) is 23.5 Å². The van der Waals surface area contributed by atoms with Gasteiger partial charge < -0.3 is 10.4 Å². The van der Waals surface area contributed by atoms with Gasteiger partial charge in [-0.05, 0) is 31.2 Å². The van der Waals surface area contributed by atoms with Crippen molar-refractivity contribution in [1.82, 2.24) is 0 Å². The fraction of sp³-hybridized carbons (Fsp3) is 0.562. The molecule has 1 aromatic rings. The van der Waals surface area contributed by atoms with Gasteiger partial charge in [0.15, 0.2) is 0 Å². The normalized spacial score (nSPS) is 18.1. The van der Waals surface area contributed by atoms with Crippen LogP contribution >= 0.6 is 11.8 Å². The smallest absolute Gasteiger partial charge is 0.102 e. The lowest BCUT2D eigenvalue weighted by molar-refractivity contribution is 0.0381. The van der Waals surface area contributed by atoms with Crippen LogP contribution in [0, 0.1) is 11.3 Å². The molecule has 3 nitrogen and oxygen atoms in total. The molecule has 2 N–H and O–H groups in total. The molecule has 1 aliphatic rings. The summed E-state index contributed by atoms with van der Waals surface area (Å²) in [6.07, 6.45) is 8.29. The minimum Gasteiger partial charge on any atom is -0.388 e. The van der Waals surface area contributed by atoms with Gasteiger partial charge >= 0.3 is 0 Å². The lowest BCUT2D eigenvalue weighted by Crippen LogP contribution is -2.36. The van der Waals surface area contributed by atoms with E-state index in [0.29, 0.717) is 12.1 Å². The quantitative estimate of drug-likeness (QED) is 0.654. The molecule has 0 heterocycles. The molecule has 2 rings (SSSR count). The average molecular weight is 290 g/mol. The Hall–Kier alpha value is -1.18. The van der Waals surface area contributed by atoms with Crippen molar-refractivity contribution in [3.63, 3.8) is 0 Å². The van der Waals surface area contributed by atoms with Gasteiger partial charge in [0.05, 0.1) is 16.9 Å². The van der Waals surface area contributed by atoms with Crippen molar-refractivity contribution < 1.29 is 5.11 Å². The summed E-state index contributed by atoms with van der Waals surface area (Å²) in [5, 5.41) is 23.3. The molecule has 0 amide bonds. The molecule has 4 heteroatoms. The Balaban J connectivity index is 2.09. The first-order valence-electron chi connectivity index (χ1n) is 7.22. The summed E-state index contributed by atoms with van der Waals surface area (Å²) in [5.74, 6) is 0. The molecule has 1 aromatic carbocycles. The molecule has 108 valence electrons. The summed E-state index contributed by atoms with van der Waals surface area (Å²) in [6.45, 7) is 0.527. The summed E-state index contributed by atoms with van der Waals surface area (Å²) in [5.41, 5.74) is 0.882. The molecular weight excluding hydrogens is 268 g/mol. The summed E-state index contributed by atoms with van der Waals surface area (Å²) < 4.78 is 0. The van der Waals surface area contributed by atoms with Crippen molar-refractivity contribution in [2.75, 3.05) is 18.1 Å². The van der Waals surface area contributed by atoms with Gasteiger partial charge in [-0.2, -0.15) is 5.26 Å². The molecule has 1 saturated carbocycles. The van der Waals surface area contributed by atoms with Gasteiger partial charge in [0.1, 0.15) is 6.07 Å². The highest BCUT2D eigenvalue weighted by atomic mass is 32.2. The van der Waals surface area contributed by atoms with E-state index in [4.69, 9.17) is 0 Å². The highest BCUT2D eigenvalue weighted by Crippen LogP contribution is 2.30. The lowest BCUT2D eigenvalue weighted by Gasteiger charge is -2.27.